The van der Waals surface area contributed by atoms with Crippen LogP contribution < -0.4 is 0 Å². The molecule has 0 saturated carbocycles. The highest BCUT2D eigenvalue weighted by Crippen LogP contribution is 2.47. The minimum Gasteiger partial charge on any atom is -0.431 e. The Morgan fingerprint density at radius 2 is 1.85 bits per heavy atom. The highest BCUT2D eigenvalue weighted by molar-refractivity contribution is 7.87. The molecule has 1 saturated heterocycles. The van der Waals surface area contributed by atoms with Gasteiger partial charge in [-0.2, -0.15) is 0 Å². The van der Waals surface area contributed by atoms with Crippen LogP contribution in [0.5, 0.6) is 0 Å². The molecule has 0 aromatic heterocycles. The number of carbonyl (C=O) groups is 1. The van der Waals surface area contributed by atoms with Gasteiger partial charge in [0.25, 0.3) is 0 Å². The largest absolute Gasteiger partial charge is 0.431 e. The molecule has 4 rings (SSSR count). The first kappa shape index (κ1) is 17.9. The Morgan fingerprint density at radius 3 is 2.52 bits per heavy atom. The van der Waals surface area contributed by atoms with Crippen LogP contribution >= 0.6 is 0 Å². The van der Waals surface area contributed by atoms with E-state index in [4.69, 9.17) is 14.3 Å². The lowest BCUT2D eigenvalue weighted by Gasteiger charge is -2.23. The van der Waals surface area contributed by atoms with Crippen LogP contribution in [0.15, 0.2) is 64.6 Å². The summed E-state index contributed by atoms with van der Waals surface area (Å²) in [6, 6.07) is 16.5. The van der Waals surface area contributed by atoms with Crippen molar-refractivity contribution in [1.82, 2.24) is 0 Å². The van der Waals surface area contributed by atoms with E-state index in [2.05, 4.69) is 5.16 Å². The molecule has 7 heteroatoms. The summed E-state index contributed by atoms with van der Waals surface area (Å²) in [5, 5.41) is 4.15. The third kappa shape index (κ3) is 2.78. The van der Waals surface area contributed by atoms with Gasteiger partial charge in [-0.15, -0.1) is 0 Å². The van der Waals surface area contributed by atoms with Gasteiger partial charge in [0.1, 0.15) is 22.4 Å². The minimum atomic E-state index is -1.83. The molecule has 6 nitrogen and oxygen atoms in total. The van der Waals surface area contributed by atoms with Gasteiger partial charge in [0.05, 0.1) is 0 Å². The van der Waals surface area contributed by atoms with E-state index in [1.165, 1.54) is 0 Å². The van der Waals surface area contributed by atoms with Crippen LogP contribution in [-0.4, -0.2) is 33.7 Å². The second-order valence-corrected chi connectivity index (χ2v) is 8.01. The predicted octanol–water partition coefficient (Wildman–Crippen LogP) is 2.77. The van der Waals surface area contributed by atoms with E-state index >= 15 is 0 Å². The molecule has 1 unspecified atom stereocenters. The standard InChI is InChI=1S/C20H19NO5S/c1-3-24-18-16-17(14-7-5-4-6-8-14)21-26-20(16,19(22)25-18)27(23)15-11-9-13(2)10-12-15/h4-12,16,18H,3H2,1-2H3/t16-,18+,20+,27?/m1/s1. The van der Waals surface area contributed by atoms with Crippen molar-refractivity contribution in [1.29, 1.82) is 0 Å². The van der Waals surface area contributed by atoms with Crippen LogP contribution in [0.1, 0.15) is 18.1 Å². The van der Waals surface area contributed by atoms with E-state index in [1.807, 2.05) is 49.4 Å². The second kappa shape index (κ2) is 6.90. The maximum Gasteiger partial charge on any atom is 0.370 e. The van der Waals surface area contributed by atoms with E-state index in [0.717, 1.165) is 11.1 Å². The SMILES string of the molecule is CCO[C@H]1OC(=O)[C@]2(S(=O)c3ccc(C)cc3)ON=C(c3ccccc3)[C@H]12. The van der Waals surface area contributed by atoms with Crippen molar-refractivity contribution in [2.45, 2.75) is 30.0 Å². The van der Waals surface area contributed by atoms with Crippen molar-refractivity contribution < 1.29 is 23.3 Å². The number of aryl methyl sites for hydroxylation is 1. The van der Waals surface area contributed by atoms with Gasteiger partial charge in [0.15, 0.2) is 0 Å². The number of oxime groups is 1. The highest BCUT2D eigenvalue weighted by atomic mass is 32.2. The number of hydrogen-bond donors (Lipinski definition) is 0. The average Bonchev–Trinajstić information content (AvgIpc) is 3.21. The Hall–Kier alpha value is -2.51. The molecule has 27 heavy (non-hydrogen) atoms. The second-order valence-electron chi connectivity index (χ2n) is 6.39. The smallest absolute Gasteiger partial charge is 0.370 e. The molecule has 0 N–H and O–H groups in total. The van der Waals surface area contributed by atoms with Gasteiger partial charge >= 0.3 is 10.9 Å². The molecule has 0 spiro atoms. The molecule has 2 aliphatic heterocycles. The van der Waals surface area contributed by atoms with E-state index in [-0.39, 0.29) is 0 Å². The first-order chi connectivity index (χ1) is 13.1. The summed E-state index contributed by atoms with van der Waals surface area (Å²) < 4.78 is 24.5. The van der Waals surface area contributed by atoms with Crippen LogP contribution in [0.25, 0.3) is 0 Å². The summed E-state index contributed by atoms with van der Waals surface area (Å²) in [7, 11) is -1.83. The van der Waals surface area contributed by atoms with Crippen LogP contribution in [0.3, 0.4) is 0 Å². The Morgan fingerprint density at radius 1 is 1.15 bits per heavy atom. The number of rotatable bonds is 5. The van der Waals surface area contributed by atoms with Crippen molar-refractivity contribution in [3.63, 3.8) is 0 Å². The maximum absolute atomic E-state index is 13.5. The summed E-state index contributed by atoms with van der Waals surface area (Å²) in [4.78, 5) is 17.2. The van der Waals surface area contributed by atoms with E-state index in [0.29, 0.717) is 17.2 Å². The van der Waals surface area contributed by atoms with Crippen molar-refractivity contribution in [3.8, 4) is 0 Å². The number of fused-ring (bicyclic) bond motifs is 1. The Labute approximate surface area is 159 Å². The molecular weight excluding hydrogens is 366 g/mol. The van der Waals surface area contributed by atoms with Gasteiger partial charge in [0, 0.05) is 17.1 Å². The van der Waals surface area contributed by atoms with Gasteiger partial charge in [-0.25, -0.2) is 9.00 Å². The molecule has 2 aliphatic rings. The monoisotopic (exact) mass is 385 g/mol. The van der Waals surface area contributed by atoms with E-state index in [9.17, 15) is 9.00 Å². The Bertz CT molecular complexity index is 912. The summed E-state index contributed by atoms with van der Waals surface area (Å²) >= 11 is 0. The topological polar surface area (TPSA) is 74.2 Å². The van der Waals surface area contributed by atoms with E-state index in [1.54, 1.807) is 19.1 Å². The summed E-state index contributed by atoms with van der Waals surface area (Å²) in [6.07, 6.45) is -0.904. The predicted molar refractivity (Wildman–Crippen MR) is 99.4 cm³/mol. The van der Waals surface area contributed by atoms with Crippen molar-refractivity contribution in [2.75, 3.05) is 6.61 Å². The molecule has 2 aromatic carbocycles. The molecule has 0 amide bonds. The number of carbonyl (C=O) groups excluding carboxylic acids is 1. The summed E-state index contributed by atoms with van der Waals surface area (Å²) in [5.41, 5.74) is 2.30. The molecule has 2 aromatic rings. The lowest BCUT2D eigenvalue weighted by Crippen LogP contribution is -2.47. The van der Waals surface area contributed by atoms with Crippen molar-refractivity contribution >= 4 is 22.5 Å². The summed E-state index contributed by atoms with van der Waals surface area (Å²) in [5.74, 6) is -1.45. The lowest BCUT2D eigenvalue weighted by molar-refractivity contribution is -0.167. The number of esters is 1. The number of cyclic esters (lactones) is 1. The fraction of sp³-hybridized carbons (Fsp3) is 0.300. The lowest BCUT2D eigenvalue weighted by atomic mass is 9.93. The van der Waals surface area contributed by atoms with Crippen molar-refractivity contribution in [2.24, 2.45) is 11.1 Å². The van der Waals surface area contributed by atoms with Crippen LogP contribution in [-0.2, 0) is 29.9 Å². The zero-order chi connectivity index (χ0) is 19.0. The molecule has 0 bridgehead atoms. The molecule has 0 radical (unpaired) electrons. The first-order valence-electron chi connectivity index (χ1n) is 8.70. The molecule has 2 heterocycles. The number of benzene rings is 2. The Kier molecular flexibility index (Phi) is 4.57. The number of hydrogen-bond acceptors (Lipinski definition) is 6. The zero-order valence-corrected chi connectivity index (χ0v) is 15.8. The van der Waals surface area contributed by atoms with Gasteiger partial charge in [-0.05, 0) is 26.0 Å². The number of nitrogens with zero attached hydrogens (tertiary/aromatic N) is 1. The zero-order valence-electron chi connectivity index (χ0n) is 15.0. The van der Waals surface area contributed by atoms with Crippen LogP contribution in [0.4, 0.5) is 0 Å². The third-order valence-corrected chi connectivity index (χ3v) is 6.42. The van der Waals surface area contributed by atoms with Gasteiger partial charge in [0.2, 0.25) is 6.29 Å². The third-order valence-electron chi connectivity index (χ3n) is 4.67. The first-order valence-corrected chi connectivity index (χ1v) is 9.85. The van der Waals surface area contributed by atoms with Gasteiger partial charge < -0.3 is 14.3 Å². The fourth-order valence-corrected chi connectivity index (χ4v) is 4.83. The highest BCUT2D eigenvalue weighted by Gasteiger charge is 2.70. The summed E-state index contributed by atoms with van der Waals surface area (Å²) in [6.45, 7) is 4.08. The molecule has 4 atom stereocenters. The quantitative estimate of drug-likeness (QED) is 0.740. The van der Waals surface area contributed by atoms with Crippen molar-refractivity contribution in [3.05, 3.63) is 65.7 Å². The molecule has 0 aliphatic carbocycles. The van der Waals surface area contributed by atoms with Crippen LogP contribution in [0.2, 0.25) is 0 Å². The van der Waals surface area contributed by atoms with E-state index < -0.39 is 33.9 Å². The van der Waals surface area contributed by atoms with Gasteiger partial charge in [-0.1, -0.05) is 53.2 Å². The van der Waals surface area contributed by atoms with Crippen LogP contribution in [0, 0.1) is 12.8 Å². The molecular formula is C20H19NO5S. The number of ether oxygens (including phenoxy) is 2. The normalized spacial score (nSPS) is 27.5. The molecule has 140 valence electrons. The fourth-order valence-electron chi connectivity index (χ4n) is 3.34. The Balaban J connectivity index is 1.79. The maximum atomic E-state index is 13.5. The average molecular weight is 385 g/mol. The van der Waals surface area contributed by atoms with Gasteiger partial charge in [-0.3, -0.25) is 0 Å². The minimum absolute atomic E-state index is 0.337. The molecule has 1 fully saturated rings.